The smallest absolute Gasteiger partial charge is 0.244 e. The number of piperazine rings is 1. The molecule has 1 fully saturated rings. The van der Waals surface area contributed by atoms with E-state index < -0.39 is 10.0 Å². The second-order valence-corrected chi connectivity index (χ2v) is 8.37. The SMILES string of the molecule is CC(=O)Nc1cccc(N2CCN(S(=O)(=O)c3ccccc3Cl)CC2)c1. The molecule has 6 nitrogen and oxygen atoms in total. The van der Waals surface area contributed by atoms with Crippen LogP contribution in [0.4, 0.5) is 11.4 Å². The number of sulfonamides is 1. The van der Waals surface area contributed by atoms with E-state index in [1.165, 1.54) is 17.3 Å². The number of nitrogens with one attached hydrogen (secondary N) is 1. The van der Waals surface area contributed by atoms with Crippen LogP contribution in [0.1, 0.15) is 6.92 Å². The first kappa shape index (κ1) is 18.7. The molecule has 1 aliphatic heterocycles. The molecule has 0 radical (unpaired) electrons. The van der Waals surface area contributed by atoms with Gasteiger partial charge in [-0.3, -0.25) is 4.79 Å². The number of hydrogen-bond acceptors (Lipinski definition) is 4. The van der Waals surface area contributed by atoms with Gasteiger partial charge in [-0.1, -0.05) is 29.8 Å². The van der Waals surface area contributed by atoms with Gasteiger partial charge in [-0.15, -0.1) is 0 Å². The Hall–Kier alpha value is -2.09. The third-order valence-electron chi connectivity index (χ3n) is 4.22. The number of carbonyl (C=O) groups excluding carboxylic acids is 1. The fraction of sp³-hybridized carbons (Fsp3) is 0.278. The van der Waals surface area contributed by atoms with Crippen LogP contribution in [0, 0.1) is 0 Å². The molecule has 1 saturated heterocycles. The van der Waals surface area contributed by atoms with Crippen LogP contribution in [0.5, 0.6) is 0 Å². The van der Waals surface area contributed by atoms with E-state index in [9.17, 15) is 13.2 Å². The average molecular weight is 394 g/mol. The van der Waals surface area contributed by atoms with Crippen molar-refractivity contribution in [3.05, 3.63) is 53.6 Å². The van der Waals surface area contributed by atoms with Crippen LogP contribution in [0.2, 0.25) is 5.02 Å². The molecular weight excluding hydrogens is 374 g/mol. The summed E-state index contributed by atoms with van der Waals surface area (Å²) in [5.41, 5.74) is 1.67. The lowest BCUT2D eigenvalue weighted by Crippen LogP contribution is -2.48. The molecule has 138 valence electrons. The molecule has 0 bridgehead atoms. The Labute approximate surface area is 158 Å². The average Bonchev–Trinajstić information content (AvgIpc) is 2.62. The van der Waals surface area contributed by atoms with Crippen LogP contribution in [0.25, 0.3) is 0 Å². The standard InChI is InChI=1S/C18H20ClN3O3S/c1-14(23)20-15-5-4-6-16(13-15)21-9-11-22(12-10-21)26(24,25)18-8-3-2-7-17(18)19/h2-8,13H,9-12H2,1H3,(H,20,23). The predicted octanol–water partition coefficient (Wildman–Crippen LogP) is 2.81. The quantitative estimate of drug-likeness (QED) is 0.867. The molecule has 0 aliphatic carbocycles. The van der Waals surface area contributed by atoms with Gasteiger partial charge in [0.25, 0.3) is 0 Å². The molecule has 0 spiro atoms. The molecule has 3 rings (SSSR count). The third-order valence-corrected chi connectivity index (χ3v) is 6.62. The molecular formula is C18H20ClN3O3S. The summed E-state index contributed by atoms with van der Waals surface area (Å²) >= 11 is 6.06. The highest BCUT2D eigenvalue weighted by Gasteiger charge is 2.30. The normalized spacial score (nSPS) is 15.7. The lowest BCUT2D eigenvalue weighted by atomic mass is 10.2. The minimum Gasteiger partial charge on any atom is -0.369 e. The van der Waals surface area contributed by atoms with Gasteiger partial charge in [0.2, 0.25) is 15.9 Å². The van der Waals surface area contributed by atoms with Crippen LogP contribution >= 0.6 is 11.6 Å². The van der Waals surface area contributed by atoms with Gasteiger partial charge in [0, 0.05) is 44.5 Å². The molecule has 2 aromatic carbocycles. The highest BCUT2D eigenvalue weighted by Crippen LogP contribution is 2.26. The third kappa shape index (κ3) is 4.00. The van der Waals surface area contributed by atoms with Gasteiger partial charge in [0.05, 0.1) is 5.02 Å². The summed E-state index contributed by atoms with van der Waals surface area (Å²) in [5, 5.41) is 2.99. The van der Waals surface area contributed by atoms with Gasteiger partial charge in [-0.05, 0) is 30.3 Å². The highest BCUT2D eigenvalue weighted by atomic mass is 35.5. The maximum absolute atomic E-state index is 12.8. The summed E-state index contributed by atoms with van der Waals surface area (Å²) in [6.45, 7) is 3.33. The fourth-order valence-electron chi connectivity index (χ4n) is 2.96. The first-order valence-electron chi connectivity index (χ1n) is 8.25. The van der Waals surface area contributed by atoms with Gasteiger partial charge in [-0.2, -0.15) is 4.31 Å². The summed E-state index contributed by atoms with van der Waals surface area (Å²) in [5.74, 6) is -0.127. The van der Waals surface area contributed by atoms with Crippen LogP contribution < -0.4 is 10.2 Å². The summed E-state index contributed by atoms with van der Waals surface area (Å²) in [6, 6.07) is 14.0. The van der Waals surface area contributed by atoms with Crippen molar-refractivity contribution in [1.82, 2.24) is 4.31 Å². The Morgan fingerprint density at radius 3 is 2.38 bits per heavy atom. The monoisotopic (exact) mass is 393 g/mol. The molecule has 0 atom stereocenters. The Kier molecular flexibility index (Phi) is 5.50. The number of amides is 1. The van der Waals surface area contributed by atoms with E-state index in [1.807, 2.05) is 24.3 Å². The van der Waals surface area contributed by atoms with E-state index in [0.29, 0.717) is 26.2 Å². The Bertz CT molecular complexity index is 909. The van der Waals surface area contributed by atoms with Gasteiger partial charge >= 0.3 is 0 Å². The lowest BCUT2D eigenvalue weighted by molar-refractivity contribution is -0.114. The van der Waals surface area contributed by atoms with Crippen molar-refractivity contribution < 1.29 is 13.2 Å². The molecule has 8 heteroatoms. The Morgan fingerprint density at radius 1 is 1.04 bits per heavy atom. The first-order chi connectivity index (χ1) is 12.4. The maximum Gasteiger partial charge on any atom is 0.244 e. The van der Waals surface area contributed by atoms with E-state index >= 15 is 0 Å². The van der Waals surface area contributed by atoms with E-state index in [4.69, 9.17) is 11.6 Å². The number of hydrogen-bond donors (Lipinski definition) is 1. The molecule has 26 heavy (non-hydrogen) atoms. The summed E-state index contributed by atoms with van der Waals surface area (Å²) < 4.78 is 27.1. The number of benzene rings is 2. The van der Waals surface area contributed by atoms with Gasteiger partial charge in [0.1, 0.15) is 4.90 Å². The fourth-order valence-corrected chi connectivity index (χ4v) is 4.88. The van der Waals surface area contributed by atoms with Gasteiger partial charge in [-0.25, -0.2) is 8.42 Å². The minimum absolute atomic E-state index is 0.127. The zero-order valence-electron chi connectivity index (χ0n) is 14.4. The van der Waals surface area contributed by atoms with E-state index in [0.717, 1.165) is 11.4 Å². The number of anilines is 2. The van der Waals surface area contributed by atoms with Crippen molar-refractivity contribution in [2.75, 3.05) is 36.4 Å². The van der Waals surface area contributed by atoms with E-state index in [1.54, 1.807) is 18.2 Å². The zero-order chi connectivity index (χ0) is 18.7. The van der Waals surface area contributed by atoms with Crippen LogP contribution in [-0.2, 0) is 14.8 Å². The van der Waals surface area contributed by atoms with Crippen molar-refractivity contribution in [2.24, 2.45) is 0 Å². The largest absolute Gasteiger partial charge is 0.369 e. The molecule has 1 amide bonds. The number of halogens is 1. The first-order valence-corrected chi connectivity index (χ1v) is 10.1. The Balaban J connectivity index is 1.72. The maximum atomic E-state index is 12.8. The second-order valence-electron chi connectivity index (χ2n) is 6.05. The highest BCUT2D eigenvalue weighted by molar-refractivity contribution is 7.89. The molecule has 1 N–H and O–H groups in total. The topological polar surface area (TPSA) is 69.7 Å². The van der Waals surface area contributed by atoms with Crippen molar-refractivity contribution in [2.45, 2.75) is 11.8 Å². The van der Waals surface area contributed by atoms with E-state index in [-0.39, 0.29) is 15.8 Å². The predicted molar refractivity (Wildman–Crippen MR) is 103 cm³/mol. The molecule has 0 aromatic heterocycles. The molecule has 1 aliphatic rings. The molecule has 1 heterocycles. The van der Waals surface area contributed by atoms with Crippen LogP contribution in [0.15, 0.2) is 53.4 Å². The molecule has 0 saturated carbocycles. The van der Waals surface area contributed by atoms with Gasteiger partial charge < -0.3 is 10.2 Å². The van der Waals surface area contributed by atoms with Crippen molar-refractivity contribution >= 4 is 38.9 Å². The van der Waals surface area contributed by atoms with Crippen LogP contribution in [-0.4, -0.2) is 44.8 Å². The summed E-state index contributed by atoms with van der Waals surface area (Å²) in [6.07, 6.45) is 0. The minimum atomic E-state index is -3.60. The van der Waals surface area contributed by atoms with E-state index in [2.05, 4.69) is 10.2 Å². The molecule has 0 unspecified atom stereocenters. The molecule has 2 aromatic rings. The van der Waals surface area contributed by atoms with Crippen LogP contribution in [0.3, 0.4) is 0 Å². The zero-order valence-corrected chi connectivity index (χ0v) is 15.9. The Morgan fingerprint density at radius 2 is 1.73 bits per heavy atom. The number of nitrogens with zero attached hydrogens (tertiary/aromatic N) is 2. The van der Waals surface area contributed by atoms with Crippen molar-refractivity contribution in [3.63, 3.8) is 0 Å². The van der Waals surface area contributed by atoms with Crippen molar-refractivity contribution in [1.29, 1.82) is 0 Å². The number of carbonyl (C=O) groups is 1. The summed E-state index contributed by atoms with van der Waals surface area (Å²) in [4.78, 5) is 13.5. The lowest BCUT2D eigenvalue weighted by Gasteiger charge is -2.35. The second kappa shape index (κ2) is 7.65. The van der Waals surface area contributed by atoms with Gasteiger partial charge in [0.15, 0.2) is 0 Å². The van der Waals surface area contributed by atoms with Crippen molar-refractivity contribution in [3.8, 4) is 0 Å². The summed E-state index contributed by atoms with van der Waals surface area (Å²) in [7, 11) is -3.60. The number of rotatable bonds is 4.